The molecule has 0 spiro atoms. The van der Waals surface area contributed by atoms with Gasteiger partial charge in [0.05, 0.1) is 6.04 Å². The van der Waals surface area contributed by atoms with Crippen LogP contribution in [0.15, 0.2) is 30.3 Å². The molecular weight excluding hydrogens is 321 g/mol. The van der Waals surface area contributed by atoms with Gasteiger partial charge in [-0.25, -0.2) is 0 Å². The summed E-state index contributed by atoms with van der Waals surface area (Å²) in [7, 11) is 2.14. The van der Waals surface area contributed by atoms with E-state index in [1.54, 1.807) is 0 Å². The smallest absolute Gasteiger partial charge is 0.237 e. The van der Waals surface area contributed by atoms with Crippen molar-refractivity contribution in [2.75, 3.05) is 26.7 Å². The largest absolute Gasteiger partial charge is 0.354 e. The number of benzene rings is 1. The molecule has 3 N–H and O–H groups in total. The zero-order valence-electron chi connectivity index (χ0n) is 13.0. The van der Waals surface area contributed by atoms with E-state index in [9.17, 15) is 4.79 Å². The monoisotopic (exact) mass is 347 g/mol. The Balaban J connectivity index is 0.00000220. The highest BCUT2D eigenvalue weighted by Gasteiger charge is 2.19. The Labute approximate surface area is 145 Å². The number of hydrogen-bond donors (Lipinski definition) is 2. The molecular formula is C16H27Cl2N3O. The van der Waals surface area contributed by atoms with E-state index in [-0.39, 0.29) is 30.7 Å². The molecule has 0 aromatic heterocycles. The number of amides is 1. The highest BCUT2D eigenvalue weighted by atomic mass is 35.5. The standard InChI is InChI=1S/C16H25N3O.2ClH/c1-19-9-7-14(8-10-19)12-18-16(20)15(17)11-13-5-3-2-4-6-13;;/h2-6,14-15H,7-12,17H2,1H3,(H,18,20);2*1H. The summed E-state index contributed by atoms with van der Waals surface area (Å²) < 4.78 is 0. The SMILES string of the molecule is CN1CCC(CNC(=O)C(N)Cc2ccccc2)CC1.Cl.Cl. The summed E-state index contributed by atoms with van der Waals surface area (Å²) >= 11 is 0. The topological polar surface area (TPSA) is 58.4 Å². The van der Waals surface area contributed by atoms with Crippen LogP contribution < -0.4 is 11.1 Å². The van der Waals surface area contributed by atoms with E-state index in [1.807, 2.05) is 30.3 Å². The minimum absolute atomic E-state index is 0. The third-order valence-electron chi connectivity index (χ3n) is 4.04. The number of likely N-dealkylation sites (tertiary alicyclic amines) is 1. The van der Waals surface area contributed by atoms with Gasteiger partial charge >= 0.3 is 0 Å². The van der Waals surface area contributed by atoms with Gasteiger partial charge in [-0.3, -0.25) is 4.79 Å². The lowest BCUT2D eigenvalue weighted by atomic mass is 9.97. The maximum absolute atomic E-state index is 12.0. The molecule has 4 nitrogen and oxygen atoms in total. The van der Waals surface area contributed by atoms with E-state index >= 15 is 0 Å². The Morgan fingerprint density at radius 1 is 1.27 bits per heavy atom. The summed E-state index contributed by atoms with van der Waals surface area (Å²) in [5.41, 5.74) is 7.07. The van der Waals surface area contributed by atoms with Gasteiger partial charge in [0, 0.05) is 6.54 Å². The van der Waals surface area contributed by atoms with E-state index in [2.05, 4.69) is 17.3 Å². The first-order chi connectivity index (χ1) is 9.65. The van der Waals surface area contributed by atoms with E-state index in [1.165, 1.54) is 0 Å². The average molecular weight is 348 g/mol. The van der Waals surface area contributed by atoms with Gasteiger partial charge in [0.25, 0.3) is 0 Å². The Kier molecular flexibility index (Phi) is 10.4. The van der Waals surface area contributed by atoms with Crippen LogP contribution in [0.4, 0.5) is 0 Å². The Hall–Kier alpha value is -0.810. The first-order valence-electron chi connectivity index (χ1n) is 7.41. The summed E-state index contributed by atoms with van der Waals surface area (Å²) in [6.45, 7) is 3.00. The van der Waals surface area contributed by atoms with Crippen molar-refractivity contribution in [2.45, 2.75) is 25.3 Å². The molecule has 126 valence electrons. The van der Waals surface area contributed by atoms with Crippen LogP contribution in [0.25, 0.3) is 0 Å². The number of nitrogens with one attached hydrogen (secondary N) is 1. The molecule has 6 heteroatoms. The molecule has 0 aliphatic carbocycles. The van der Waals surface area contributed by atoms with Crippen LogP contribution in [-0.4, -0.2) is 43.5 Å². The summed E-state index contributed by atoms with van der Waals surface area (Å²) in [5.74, 6) is 0.562. The second-order valence-electron chi connectivity index (χ2n) is 5.79. The Morgan fingerprint density at radius 2 is 1.86 bits per heavy atom. The van der Waals surface area contributed by atoms with Crippen LogP contribution in [0.5, 0.6) is 0 Å². The van der Waals surface area contributed by atoms with Crippen LogP contribution in [0, 0.1) is 5.92 Å². The molecule has 1 saturated heterocycles. The van der Waals surface area contributed by atoms with Gasteiger partial charge in [-0.15, -0.1) is 24.8 Å². The van der Waals surface area contributed by atoms with E-state index in [4.69, 9.17) is 5.73 Å². The quantitative estimate of drug-likeness (QED) is 0.854. The molecule has 1 aromatic carbocycles. The van der Waals surface area contributed by atoms with Crippen molar-refractivity contribution in [1.82, 2.24) is 10.2 Å². The number of rotatable bonds is 5. The third kappa shape index (κ3) is 6.97. The van der Waals surface area contributed by atoms with Gasteiger partial charge in [0.1, 0.15) is 0 Å². The molecule has 0 radical (unpaired) electrons. The van der Waals surface area contributed by atoms with Crippen molar-refractivity contribution in [3.63, 3.8) is 0 Å². The van der Waals surface area contributed by atoms with Crippen LogP contribution in [0.2, 0.25) is 0 Å². The predicted molar refractivity (Wildman–Crippen MR) is 95.8 cm³/mol. The number of carbonyl (C=O) groups excluding carboxylic acids is 1. The molecule has 1 unspecified atom stereocenters. The van der Waals surface area contributed by atoms with Gasteiger partial charge in [-0.05, 0) is 50.9 Å². The van der Waals surface area contributed by atoms with Gasteiger partial charge < -0.3 is 16.0 Å². The molecule has 1 fully saturated rings. The van der Waals surface area contributed by atoms with Crippen molar-refractivity contribution in [3.05, 3.63) is 35.9 Å². The molecule has 1 heterocycles. The van der Waals surface area contributed by atoms with Gasteiger partial charge in [-0.1, -0.05) is 30.3 Å². The molecule has 0 bridgehead atoms. The number of hydrogen-bond acceptors (Lipinski definition) is 3. The van der Waals surface area contributed by atoms with Crippen LogP contribution in [0.1, 0.15) is 18.4 Å². The molecule has 1 aliphatic rings. The Bertz CT molecular complexity index is 423. The number of nitrogens with zero attached hydrogens (tertiary/aromatic N) is 1. The average Bonchev–Trinajstić information content (AvgIpc) is 2.47. The third-order valence-corrected chi connectivity index (χ3v) is 4.04. The van der Waals surface area contributed by atoms with Gasteiger partial charge in [-0.2, -0.15) is 0 Å². The first kappa shape index (κ1) is 21.2. The van der Waals surface area contributed by atoms with Crippen molar-refractivity contribution in [3.8, 4) is 0 Å². The van der Waals surface area contributed by atoms with E-state index < -0.39 is 6.04 Å². The number of carbonyl (C=O) groups is 1. The summed E-state index contributed by atoms with van der Waals surface area (Å²) in [5, 5.41) is 3.00. The fourth-order valence-electron chi connectivity index (χ4n) is 2.60. The number of piperidine rings is 1. The summed E-state index contributed by atoms with van der Waals surface area (Å²) in [6.07, 6.45) is 2.91. The summed E-state index contributed by atoms with van der Waals surface area (Å²) in [4.78, 5) is 14.3. The van der Waals surface area contributed by atoms with Crippen LogP contribution in [-0.2, 0) is 11.2 Å². The van der Waals surface area contributed by atoms with Gasteiger partial charge in [0.15, 0.2) is 0 Å². The second kappa shape index (κ2) is 10.8. The fourth-order valence-corrected chi connectivity index (χ4v) is 2.60. The molecule has 1 aliphatic heterocycles. The van der Waals surface area contributed by atoms with Gasteiger partial charge in [0.2, 0.25) is 5.91 Å². The van der Waals surface area contributed by atoms with E-state index in [0.29, 0.717) is 12.3 Å². The predicted octanol–water partition coefficient (Wildman–Crippen LogP) is 1.86. The van der Waals surface area contributed by atoms with Crippen molar-refractivity contribution >= 4 is 30.7 Å². The normalized spacial score (nSPS) is 17.0. The van der Waals surface area contributed by atoms with Crippen LogP contribution in [0.3, 0.4) is 0 Å². The molecule has 2 rings (SSSR count). The lowest BCUT2D eigenvalue weighted by molar-refractivity contribution is -0.122. The molecule has 1 amide bonds. The Morgan fingerprint density at radius 3 is 2.45 bits per heavy atom. The van der Waals surface area contributed by atoms with Crippen molar-refractivity contribution in [2.24, 2.45) is 11.7 Å². The lowest BCUT2D eigenvalue weighted by Gasteiger charge is -2.29. The molecule has 1 atom stereocenters. The van der Waals surface area contributed by atoms with Crippen molar-refractivity contribution < 1.29 is 4.79 Å². The zero-order chi connectivity index (χ0) is 14.4. The first-order valence-corrected chi connectivity index (χ1v) is 7.41. The minimum atomic E-state index is -0.455. The number of nitrogens with two attached hydrogens (primary N) is 1. The molecule has 22 heavy (non-hydrogen) atoms. The maximum atomic E-state index is 12.0. The van der Waals surface area contributed by atoms with Crippen molar-refractivity contribution in [1.29, 1.82) is 0 Å². The number of halogens is 2. The van der Waals surface area contributed by atoms with E-state index in [0.717, 1.165) is 38.0 Å². The van der Waals surface area contributed by atoms with Crippen LogP contribution >= 0.6 is 24.8 Å². The zero-order valence-corrected chi connectivity index (χ0v) is 14.7. The molecule has 1 aromatic rings. The minimum Gasteiger partial charge on any atom is -0.354 e. The fraction of sp³-hybridized carbons (Fsp3) is 0.562. The maximum Gasteiger partial charge on any atom is 0.237 e. The second-order valence-corrected chi connectivity index (χ2v) is 5.79. The lowest BCUT2D eigenvalue weighted by Crippen LogP contribution is -2.45. The molecule has 0 saturated carbocycles. The highest BCUT2D eigenvalue weighted by Crippen LogP contribution is 2.14. The summed E-state index contributed by atoms with van der Waals surface area (Å²) in [6, 6.07) is 9.46. The highest BCUT2D eigenvalue weighted by molar-refractivity contribution is 5.85.